The van der Waals surface area contributed by atoms with E-state index in [1.165, 1.54) is 6.42 Å². The minimum Gasteiger partial charge on any atom is -0.483 e. The van der Waals surface area contributed by atoms with Crippen molar-refractivity contribution in [3.63, 3.8) is 0 Å². The molecule has 0 spiro atoms. The van der Waals surface area contributed by atoms with Crippen LogP contribution in [0.1, 0.15) is 19.8 Å². The van der Waals surface area contributed by atoms with Crippen molar-refractivity contribution in [3.8, 4) is 5.75 Å². The fourth-order valence-corrected chi connectivity index (χ4v) is 3.37. The van der Waals surface area contributed by atoms with Crippen molar-refractivity contribution in [2.45, 2.75) is 25.8 Å². The third-order valence-corrected chi connectivity index (χ3v) is 4.69. The Morgan fingerprint density at radius 2 is 2.26 bits per heavy atom. The molecule has 1 atom stereocenters. The smallest absolute Gasteiger partial charge is 0.257 e. The van der Waals surface area contributed by atoms with Crippen LogP contribution in [0.5, 0.6) is 5.75 Å². The molecule has 0 bridgehead atoms. The topological polar surface area (TPSA) is 46.5 Å². The highest BCUT2D eigenvalue weighted by atomic mass is 16.5. The number of hydrogen-bond acceptors (Lipinski definition) is 3. The van der Waals surface area contributed by atoms with Gasteiger partial charge in [0.2, 0.25) is 0 Å². The third-order valence-electron chi connectivity index (χ3n) is 4.69. The van der Waals surface area contributed by atoms with Crippen LogP contribution in [0.3, 0.4) is 0 Å². The van der Waals surface area contributed by atoms with E-state index in [-0.39, 0.29) is 12.5 Å². The van der Waals surface area contributed by atoms with Crippen molar-refractivity contribution in [1.29, 1.82) is 0 Å². The van der Waals surface area contributed by atoms with Crippen LogP contribution in [0.25, 0.3) is 10.9 Å². The van der Waals surface area contributed by atoms with E-state index in [4.69, 9.17) is 4.74 Å². The molecule has 1 N–H and O–H groups in total. The molecular formula is C18H25N3O2. The minimum absolute atomic E-state index is 0.0547. The van der Waals surface area contributed by atoms with Gasteiger partial charge in [-0.15, -0.1) is 0 Å². The average molecular weight is 315 g/mol. The molecule has 5 nitrogen and oxygen atoms in total. The first-order chi connectivity index (χ1) is 11.2. The van der Waals surface area contributed by atoms with E-state index >= 15 is 0 Å². The molecule has 1 aliphatic heterocycles. The van der Waals surface area contributed by atoms with Gasteiger partial charge in [-0.1, -0.05) is 13.0 Å². The molecular weight excluding hydrogens is 290 g/mol. The number of carbonyl (C=O) groups excluding carboxylic acids is 1. The van der Waals surface area contributed by atoms with Gasteiger partial charge in [0, 0.05) is 31.2 Å². The molecule has 1 aromatic carbocycles. The highest BCUT2D eigenvalue weighted by Crippen LogP contribution is 2.25. The van der Waals surface area contributed by atoms with Crippen molar-refractivity contribution in [1.82, 2.24) is 14.8 Å². The lowest BCUT2D eigenvalue weighted by molar-refractivity contribution is -0.123. The van der Waals surface area contributed by atoms with Crippen LogP contribution in [0.2, 0.25) is 0 Å². The molecule has 23 heavy (non-hydrogen) atoms. The Hall–Kier alpha value is -2.01. The van der Waals surface area contributed by atoms with Crippen molar-refractivity contribution >= 4 is 16.8 Å². The lowest BCUT2D eigenvalue weighted by atomic mass is 10.2. The first kappa shape index (κ1) is 15.9. The number of amides is 1. The molecule has 5 heteroatoms. The quantitative estimate of drug-likeness (QED) is 0.888. The van der Waals surface area contributed by atoms with Crippen molar-refractivity contribution < 1.29 is 9.53 Å². The lowest BCUT2D eigenvalue weighted by Gasteiger charge is -2.22. The maximum atomic E-state index is 12.0. The van der Waals surface area contributed by atoms with Crippen LogP contribution in [0.4, 0.5) is 0 Å². The number of rotatable bonds is 6. The Morgan fingerprint density at radius 1 is 1.39 bits per heavy atom. The number of aryl methyl sites for hydroxylation is 1. The van der Waals surface area contributed by atoms with Gasteiger partial charge in [0.25, 0.3) is 5.91 Å². The zero-order chi connectivity index (χ0) is 16.2. The average Bonchev–Trinajstić information content (AvgIpc) is 3.18. The minimum atomic E-state index is -0.0547. The van der Waals surface area contributed by atoms with Crippen LogP contribution < -0.4 is 10.1 Å². The van der Waals surface area contributed by atoms with Gasteiger partial charge in [-0.05, 0) is 44.1 Å². The van der Waals surface area contributed by atoms with Crippen LogP contribution in [0.15, 0.2) is 30.5 Å². The summed E-state index contributed by atoms with van der Waals surface area (Å²) in [6, 6.07) is 8.39. The lowest BCUT2D eigenvalue weighted by Crippen LogP contribution is -2.41. The highest BCUT2D eigenvalue weighted by molar-refractivity contribution is 5.87. The number of likely N-dealkylation sites (tertiary alicyclic amines) is 1. The van der Waals surface area contributed by atoms with Crippen LogP contribution in [0, 0.1) is 0 Å². The molecule has 0 aliphatic carbocycles. The second-order valence-electron chi connectivity index (χ2n) is 6.13. The van der Waals surface area contributed by atoms with Crippen molar-refractivity contribution in [2.75, 3.05) is 26.2 Å². The largest absolute Gasteiger partial charge is 0.483 e. The van der Waals surface area contributed by atoms with Gasteiger partial charge in [-0.2, -0.15) is 0 Å². The number of ether oxygens (including phenoxy) is 1. The molecule has 3 rings (SSSR count). The third kappa shape index (κ3) is 3.50. The molecule has 0 radical (unpaired) electrons. The molecule has 1 fully saturated rings. The molecule has 2 heterocycles. The number of carbonyl (C=O) groups is 1. The van der Waals surface area contributed by atoms with E-state index in [1.807, 2.05) is 42.1 Å². The summed E-state index contributed by atoms with van der Waals surface area (Å²) in [5.41, 5.74) is 1.10. The Kier molecular flexibility index (Phi) is 4.86. The molecule has 2 aromatic rings. The SMILES string of the molecule is CCN1CCCC1CNC(=O)COc1cccc2c1ccn2C. The Labute approximate surface area is 137 Å². The number of nitrogens with zero attached hydrogens (tertiary/aromatic N) is 2. The number of likely N-dealkylation sites (N-methyl/N-ethyl adjacent to an activating group) is 1. The summed E-state index contributed by atoms with van der Waals surface area (Å²) >= 11 is 0. The number of benzene rings is 1. The van der Waals surface area contributed by atoms with Gasteiger partial charge in [0.05, 0.1) is 5.52 Å². The van der Waals surface area contributed by atoms with Crippen LogP contribution >= 0.6 is 0 Å². The molecule has 1 aromatic heterocycles. The van der Waals surface area contributed by atoms with Crippen molar-refractivity contribution in [2.24, 2.45) is 7.05 Å². The molecule has 1 unspecified atom stereocenters. The standard InChI is InChI=1S/C18H25N3O2/c1-3-21-10-5-6-14(21)12-19-18(22)13-23-17-8-4-7-16-15(17)9-11-20(16)2/h4,7-9,11,14H,3,5-6,10,12-13H2,1-2H3,(H,19,22). The Morgan fingerprint density at radius 3 is 3.09 bits per heavy atom. The van der Waals surface area contributed by atoms with E-state index in [0.29, 0.717) is 12.6 Å². The summed E-state index contributed by atoms with van der Waals surface area (Å²) < 4.78 is 7.77. The van der Waals surface area contributed by atoms with Crippen LogP contribution in [-0.4, -0.2) is 47.7 Å². The number of aromatic nitrogens is 1. The number of nitrogens with one attached hydrogen (secondary N) is 1. The summed E-state index contributed by atoms with van der Waals surface area (Å²) in [5, 5.41) is 4.04. The van der Waals surface area contributed by atoms with Gasteiger partial charge >= 0.3 is 0 Å². The number of hydrogen-bond donors (Lipinski definition) is 1. The van der Waals surface area contributed by atoms with Gasteiger partial charge in [-0.3, -0.25) is 9.69 Å². The second kappa shape index (κ2) is 7.04. The van der Waals surface area contributed by atoms with E-state index in [9.17, 15) is 4.79 Å². The first-order valence-corrected chi connectivity index (χ1v) is 8.36. The van der Waals surface area contributed by atoms with Gasteiger partial charge in [-0.25, -0.2) is 0 Å². The zero-order valence-electron chi connectivity index (χ0n) is 13.9. The molecule has 124 valence electrons. The fraction of sp³-hybridized carbons (Fsp3) is 0.500. The van der Waals surface area contributed by atoms with Crippen LogP contribution in [-0.2, 0) is 11.8 Å². The maximum absolute atomic E-state index is 12.0. The summed E-state index contributed by atoms with van der Waals surface area (Å²) in [6.45, 7) is 5.14. The number of fused-ring (bicyclic) bond motifs is 1. The van der Waals surface area contributed by atoms with E-state index < -0.39 is 0 Å². The summed E-state index contributed by atoms with van der Waals surface area (Å²) in [4.78, 5) is 14.5. The summed E-state index contributed by atoms with van der Waals surface area (Å²) in [5.74, 6) is 0.704. The predicted molar refractivity (Wildman–Crippen MR) is 91.7 cm³/mol. The van der Waals surface area contributed by atoms with E-state index in [2.05, 4.69) is 17.1 Å². The highest BCUT2D eigenvalue weighted by Gasteiger charge is 2.23. The zero-order valence-corrected chi connectivity index (χ0v) is 13.9. The summed E-state index contributed by atoms with van der Waals surface area (Å²) in [7, 11) is 2.00. The molecule has 0 saturated carbocycles. The maximum Gasteiger partial charge on any atom is 0.257 e. The van der Waals surface area contributed by atoms with Gasteiger partial charge in [0.15, 0.2) is 6.61 Å². The Balaban J connectivity index is 1.52. The predicted octanol–water partition coefficient (Wildman–Crippen LogP) is 2.16. The second-order valence-corrected chi connectivity index (χ2v) is 6.13. The molecule has 1 amide bonds. The van der Waals surface area contributed by atoms with Crippen molar-refractivity contribution in [3.05, 3.63) is 30.5 Å². The first-order valence-electron chi connectivity index (χ1n) is 8.36. The molecule has 1 aliphatic rings. The normalized spacial score (nSPS) is 18.4. The molecule has 1 saturated heterocycles. The fourth-order valence-electron chi connectivity index (χ4n) is 3.37. The Bertz CT molecular complexity index is 680. The van der Waals surface area contributed by atoms with Gasteiger partial charge in [0.1, 0.15) is 5.75 Å². The van der Waals surface area contributed by atoms with E-state index in [1.54, 1.807) is 0 Å². The monoisotopic (exact) mass is 315 g/mol. The summed E-state index contributed by atoms with van der Waals surface area (Å²) in [6.07, 6.45) is 4.39. The van der Waals surface area contributed by atoms with E-state index in [0.717, 1.165) is 36.2 Å². The van der Waals surface area contributed by atoms with Gasteiger partial charge < -0.3 is 14.6 Å².